The number of aryl methyl sites for hydroxylation is 1. The zero-order valence-electron chi connectivity index (χ0n) is 6.36. The Morgan fingerprint density at radius 2 is 2.33 bits per heavy atom. The molecule has 0 amide bonds. The van der Waals surface area contributed by atoms with Crippen LogP contribution in [0.2, 0.25) is 0 Å². The lowest BCUT2D eigenvalue weighted by Gasteiger charge is -1.90. The van der Waals surface area contributed by atoms with Crippen LogP contribution >= 0.6 is 22.6 Å². The van der Waals surface area contributed by atoms with Gasteiger partial charge in [0.05, 0.1) is 0 Å². The predicted molar refractivity (Wildman–Crippen MR) is 52.0 cm³/mol. The third-order valence-electron chi connectivity index (χ3n) is 1.32. The highest BCUT2D eigenvalue weighted by molar-refractivity contribution is 14.1. The summed E-state index contributed by atoms with van der Waals surface area (Å²) in [4.78, 5) is 0.0879. The molecule has 68 valence electrons. The molecule has 1 aromatic heterocycles. The molecule has 7 heteroatoms. The van der Waals surface area contributed by atoms with Crippen LogP contribution in [0.25, 0.3) is 0 Å². The first-order valence-corrected chi connectivity index (χ1v) is 5.83. The summed E-state index contributed by atoms with van der Waals surface area (Å²) in [5, 5.41) is 8.88. The Labute approximate surface area is 84.1 Å². The molecule has 2 N–H and O–H groups in total. The predicted octanol–water partition coefficient (Wildman–Crippen LogP) is 0.155. The summed E-state index contributed by atoms with van der Waals surface area (Å²) in [5.41, 5.74) is 0. The van der Waals surface area contributed by atoms with E-state index in [2.05, 4.69) is 5.10 Å². The molecule has 0 radical (unpaired) electrons. The number of sulfonamides is 1. The second-order valence-corrected chi connectivity index (χ2v) is 4.74. The molecule has 0 bridgehead atoms. The van der Waals surface area contributed by atoms with Crippen molar-refractivity contribution >= 4 is 32.6 Å². The van der Waals surface area contributed by atoms with E-state index < -0.39 is 10.0 Å². The van der Waals surface area contributed by atoms with E-state index in [9.17, 15) is 8.42 Å². The van der Waals surface area contributed by atoms with Gasteiger partial charge < -0.3 is 0 Å². The van der Waals surface area contributed by atoms with E-state index in [1.807, 2.05) is 29.5 Å². The van der Waals surface area contributed by atoms with E-state index in [1.54, 1.807) is 0 Å². The first-order chi connectivity index (χ1) is 5.45. The van der Waals surface area contributed by atoms with Gasteiger partial charge in [-0.25, -0.2) is 13.6 Å². The number of rotatable bonds is 2. The van der Waals surface area contributed by atoms with E-state index in [-0.39, 0.29) is 4.90 Å². The normalized spacial score (nSPS) is 11.9. The van der Waals surface area contributed by atoms with Gasteiger partial charge in [0.2, 0.25) is 10.0 Å². The van der Waals surface area contributed by atoms with Gasteiger partial charge in [-0.3, -0.25) is 4.68 Å². The second-order valence-electron chi connectivity index (χ2n) is 2.18. The molecular formula is C5H8IN3O2S. The third kappa shape index (κ3) is 1.96. The molecule has 0 aliphatic carbocycles. The van der Waals surface area contributed by atoms with Crippen molar-refractivity contribution in [3.8, 4) is 0 Å². The fourth-order valence-corrected chi connectivity index (χ4v) is 2.61. The Kier molecular flexibility index (Phi) is 2.74. The van der Waals surface area contributed by atoms with Gasteiger partial charge in [-0.05, 0) is 29.5 Å². The molecule has 0 atom stereocenters. The van der Waals surface area contributed by atoms with Gasteiger partial charge in [0.15, 0.2) is 0 Å². The van der Waals surface area contributed by atoms with Crippen molar-refractivity contribution in [2.24, 2.45) is 5.14 Å². The van der Waals surface area contributed by atoms with E-state index in [0.29, 0.717) is 10.2 Å². The maximum Gasteiger partial charge on any atom is 0.242 e. The molecule has 0 aliphatic heterocycles. The lowest BCUT2D eigenvalue weighted by Crippen LogP contribution is -2.12. The van der Waals surface area contributed by atoms with Gasteiger partial charge in [0.25, 0.3) is 0 Å². The summed E-state index contributed by atoms with van der Waals surface area (Å²) >= 11 is 1.84. The average Bonchev–Trinajstić information content (AvgIpc) is 2.29. The summed E-state index contributed by atoms with van der Waals surface area (Å²) in [5.74, 6) is 0. The minimum Gasteiger partial charge on any atom is -0.271 e. The van der Waals surface area contributed by atoms with E-state index in [0.717, 1.165) is 0 Å². The molecule has 12 heavy (non-hydrogen) atoms. The van der Waals surface area contributed by atoms with Crippen LogP contribution in [0.1, 0.15) is 6.92 Å². The number of primary sulfonamides is 1. The first kappa shape index (κ1) is 9.93. The highest BCUT2D eigenvalue weighted by Crippen LogP contribution is 2.13. The van der Waals surface area contributed by atoms with Crippen molar-refractivity contribution in [1.82, 2.24) is 9.78 Å². The van der Waals surface area contributed by atoms with Crippen molar-refractivity contribution in [1.29, 1.82) is 0 Å². The van der Waals surface area contributed by atoms with Crippen LogP contribution in [0, 0.1) is 3.70 Å². The number of halogens is 1. The van der Waals surface area contributed by atoms with Crippen LogP contribution in [-0.2, 0) is 16.6 Å². The van der Waals surface area contributed by atoms with Crippen LogP contribution in [-0.4, -0.2) is 18.2 Å². The van der Waals surface area contributed by atoms with Crippen LogP contribution in [0.15, 0.2) is 11.1 Å². The Bertz CT molecular complexity index is 383. The third-order valence-corrected chi connectivity index (χ3v) is 3.39. The van der Waals surface area contributed by atoms with Crippen LogP contribution in [0.3, 0.4) is 0 Å². The van der Waals surface area contributed by atoms with Crippen molar-refractivity contribution in [2.75, 3.05) is 0 Å². The maximum absolute atomic E-state index is 10.9. The molecule has 0 saturated heterocycles. The van der Waals surface area contributed by atoms with Crippen LogP contribution in [0.4, 0.5) is 0 Å². The quantitative estimate of drug-likeness (QED) is 0.790. The first-order valence-electron chi connectivity index (χ1n) is 3.21. The molecule has 0 saturated carbocycles. The second kappa shape index (κ2) is 3.30. The van der Waals surface area contributed by atoms with Gasteiger partial charge in [-0.2, -0.15) is 5.10 Å². The largest absolute Gasteiger partial charge is 0.271 e. The number of nitrogens with zero attached hydrogens (tertiary/aromatic N) is 2. The molecule has 0 unspecified atom stereocenters. The van der Waals surface area contributed by atoms with Gasteiger partial charge in [0.1, 0.15) is 8.60 Å². The van der Waals surface area contributed by atoms with Crippen molar-refractivity contribution in [2.45, 2.75) is 18.4 Å². The Hall–Kier alpha value is -0.150. The number of hydrogen-bond acceptors (Lipinski definition) is 3. The Morgan fingerprint density at radius 3 is 2.58 bits per heavy atom. The summed E-state index contributed by atoms with van der Waals surface area (Å²) in [6.07, 6.45) is 1.43. The van der Waals surface area contributed by atoms with Gasteiger partial charge >= 0.3 is 0 Å². The van der Waals surface area contributed by atoms with Crippen molar-refractivity contribution in [3.05, 3.63) is 9.90 Å². The standard InChI is InChI=1S/C5H8IN3O2S/c1-2-9-3-4(5(6)8-9)12(7,10)11/h3H,2H2,1H3,(H2,7,10,11). The van der Waals surface area contributed by atoms with E-state index >= 15 is 0 Å². The number of aromatic nitrogens is 2. The lowest BCUT2D eigenvalue weighted by atomic mass is 10.7. The highest BCUT2D eigenvalue weighted by Gasteiger charge is 2.15. The summed E-state index contributed by atoms with van der Waals surface area (Å²) in [7, 11) is -3.61. The molecule has 1 heterocycles. The maximum atomic E-state index is 10.9. The molecule has 1 aromatic rings. The minimum absolute atomic E-state index is 0.0879. The zero-order chi connectivity index (χ0) is 9.35. The molecule has 0 fully saturated rings. The highest BCUT2D eigenvalue weighted by atomic mass is 127. The van der Waals surface area contributed by atoms with E-state index in [4.69, 9.17) is 5.14 Å². The zero-order valence-corrected chi connectivity index (χ0v) is 9.33. The van der Waals surface area contributed by atoms with E-state index in [1.165, 1.54) is 10.9 Å². The fraction of sp³-hybridized carbons (Fsp3) is 0.400. The molecule has 0 aromatic carbocycles. The Morgan fingerprint density at radius 1 is 1.75 bits per heavy atom. The topological polar surface area (TPSA) is 78.0 Å². The smallest absolute Gasteiger partial charge is 0.242 e. The summed E-state index contributed by atoms with van der Waals surface area (Å²) < 4.78 is 23.7. The Balaban J connectivity index is 3.27. The molecule has 0 spiro atoms. The lowest BCUT2D eigenvalue weighted by molar-refractivity contribution is 0.597. The van der Waals surface area contributed by atoms with Gasteiger partial charge in [0, 0.05) is 12.7 Å². The number of hydrogen-bond donors (Lipinski definition) is 1. The fourth-order valence-electron chi connectivity index (χ4n) is 0.732. The monoisotopic (exact) mass is 301 g/mol. The van der Waals surface area contributed by atoms with Gasteiger partial charge in [-0.1, -0.05) is 0 Å². The number of nitrogens with two attached hydrogens (primary N) is 1. The van der Waals surface area contributed by atoms with Gasteiger partial charge in [-0.15, -0.1) is 0 Å². The molecule has 0 aliphatic rings. The molecule has 1 rings (SSSR count). The average molecular weight is 301 g/mol. The van der Waals surface area contributed by atoms with Crippen LogP contribution in [0.5, 0.6) is 0 Å². The summed E-state index contributed by atoms with van der Waals surface area (Å²) in [6.45, 7) is 2.50. The van der Waals surface area contributed by atoms with Crippen LogP contribution < -0.4 is 5.14 Å². The SMILES string of the molecule is CCn1cc(S(N)(=O)=O)c(I)n1. The molecule has 5 nitrogen and oxygen atoms in total. The minimum atomic E-state index is -3.61. The van der Waals surface area contributed by atoms with Crippen molar-refractivity contribution < 1.29 is 8.42 Å². The van der Waals surface area contributed by atoms with Crippen molar-refractivity contribution in [3.63, 3.8) is 0 Å². The molecular weight excluding hydrogens is 293 g/mol. The summed E-state index contributed by atoms with van der Waals surface area (Å²) in [6, 6.07) is 0.